The van der Waals surface area contributed by atoms with E-state index in [9.17, 15) is 40.5 Å². The molecule has 0 amide bonds. The van der Waals surface area contributed by atoms with E-state index in [0.29, 0.717) is 0 Å². The van der Waals surface area contributed by atoms with E-state index in [1.54, 1.807) is 0 Å². The number of hydrogen-bond acceptors (Lipinski definition) is 13. The van der Waals surface area contributed by atoms with E-state index in [1.807, 2.05) is 0 Å². The smallest absolute Gasteiger partial charge is 0.239 e. The Labute approximate surface area is 228 Å². The third-order valence-corrected chi connectivity index (χ3v) is 6.37. The number of phenolic OH excluding ortho intramolecular Hbond substituents is 2. The molecule has 1 aromatic heterocycles. The minimum Gasteiger partial charge on any atom is -0.508 e. The summed E-state index contributed by atoms with van der Waals surface area (Å²) in [6, 6.07) is 7.91. The number of aliphatic hydroxyl groups excluding tert-OH is 7. The van der Waals surface area contributed by atoms with Gasteiger partial charge in [-0.3, -0.25) is 4.79 Å². The minimum absolute atomic E-state index is 0.134. The third kappa shape index (κ3) is 6.82. The van der Waals surface area contributed by atoms with Gasteiger partial charge >= 0.3 is 0 Å². The van der Waals surface area contributed by atoms with Gasteiger partial charge in [0.25, 0.3) is 0 Å². The van der Waals surface area contributed by atoms with Gasteiger partial charge in [0, 0.05) is 24.3 Å². The average Bonchev–Trinajstić information content (AvgIpc) is 2.92. The van der Waals surface area contributed by atoms with Gasteiger partial charge in [0.2, 0.25) is 11.2 Å². The SMILES string of the molecule is C[C@@H](Oc1c(-c2ccc(O[C@H](C)C(O)C(O)[C@H](O)CCO)cc2)oc2cc(O)cc(O)c2c1=O)C(O)C(O)CO. The zero-order valence-corrected chi connectivity index (χ0v) is 21.8. The van der Waals surface area contributed by atoms with Crippen molar-refractivity contribution < 1.29 is 59.8 Å². The topological polar surface area (TPSA) is 231 Å². The standard InChI is InChI=1S/C27H34O13/c1-12(22(34)19(33)11-29)39-27-25(37)21-18(32)9-15(30)10-20(21)40-26(27)14-3-5-16(6-4-14)38-13(2)23(35)24(36)17(31)7-8-28/h3-6,9-10,12-13,17,19,22-24,28-36H,7-8,11H2,1-2H3/t12-,13-,17-,19?,22?,23?,24?/m1/s1. The molecule has 0 aliphatic carbocycles. The molecule has 0 saturated heterocycles. The maximum absolute atomic E-state index is 13.4. The number of rotatable bonds is 13. The van der Waals surface area contributed by atoms with Crippen molar-refractivity contribution in [3.05, 3.63) is 46.6 Å². The highest BCUT2D eigenvalue weighted by molar-refractivity contribution is 5.88. The molecule has 0 saturated carbocycles. The van der Waals surface area contributed by atoms with Crippen LogP contribution in [0.4, 0.5) is 0 Å². The summed E-state index contributed by atoms with van der Waals surface area (Å²) in [5.74, 6) is -1.29. The van der Waals surface area contributed by atoms with Crippen LogP contribution in [-0.2, 0) is 0 Å². The maximum atomic E-state index is 13.4. The van der Waals surface area contributed by atoms with Gasteiger partial charge in [0.05, 0.1) is 12.7 Å². The van der Waals surface area contributed by atoms with Gasteiger partial charge in [-0.15, -0.1) is 0 Å². The van der Waals surface area contributed by atoms with Crippen molar-refractivity contribution >= 4 is 11.0 Å². The van der Waals surface area contributed by atoms with Crippen LogP contribution in [0, 0.1) is 0 Å². The van der Waals surface area contributed by atoms with Gasteiger partial charge in [-0.1, -0.05) is 0 Å². The Morgan fingerprint density at radius 1 is 0.825 bits per heavy atom. The summed E-state index contributed by atoms with van der Waals surface area (Å²) in [5.41, 5.74) is -0.736. The number of aromatic hydroxyl groups is 2. The Morgan fingerprint density at radius 2 is 1.45 bits per heavy atom. The second-order valence-electron chi connectivity index (χ2n) is 9.40. The molecule has 7 atom stereocenters. The van der Waals surface area contributed by atoms with Crippen LogP contribution >= 0.6 is 0 Å². The number of fused-ring (bicyclic) bond motifs is 1. The van der Waals surface area contributed by atoms with E-state index >= 15 is 0 Å². The first-order valence-corrected chi connectivity index (χ1v) is 12.5. The van der Waals surface area contributed by atoms with Crippen molar-refractivity contribution in [1.29, 1.82) is 0 Å². The van der Waals surface area contributed by atoms with Crippen LogP contribution in [0.3, 0.4) is 0 Å². The number of benzene rings is 2. The van der Waals surface area contributed by atoms with Crippen LogP contribution in [0.25, 0.3) is 22.3 Å². The molecule has 3 rings (SSSR count). The van der Waals surface area contributed by atoms with E-state index < -0.39 is 66.3 Å². The van der Waals surface area contributed by atoms with Crippen molar-refractivity contribution in [2.45, 2.75) is 63.0 Å². The third-order valence-electron chi connectivity index (χ3n) is 6.37. The van der Waals surface area contributed by atoms with Crippen molar-refractivity contribution in [3.8, 4) is 34.3 Å². The Hall–Kier alpha value is -3.43. The molecule has 3 aromatic rings. The monoisotopic (exact) mass is 566 g/mol. The second-order valence-corrected chi connectivity index (χ2v) is 9.40. The lowest BCUT2D eigenvalue weighted by Gasteiger charge is -2.27. The first-order chi connectivity index (χ1) is 18.9. The minimum atomic E-state index is -1.59. The molecule has 1 heterocycles. The first-order valence-electron chi connectivity index (χ1n) is 12.5. The van der Waals surface area contributed by atoms with Crippen molar-refractivity contribution in [2.24, 2.45) is 0 Å². The normalized spacial score (nSPS) is 17.0. The van der Waals surface area contributed by atoms with Gasteiger partial charge in [0.15, 0.2) is 5.76 Å². The Bertz CT molecular complexity index is 1320. The molecule has 13 nitrogen and oxygen atoms in total. The summed E-state index contributed by atoms with van der Waals surface area (Å²) in [6.07, 6.45) is -9.88. The van der Waals surface area contributed by atoms with Crippen LogP contribution in [0.15, 0.2) is 45.6 Å². The lowest BCUT2D eigenvalue weighted by molar-refractivity contribution is -0.0980. The lowest BCUT2D eigenvalue weighted by atomic mass is 10.0. The van der Waals surface area contributed by atoms with Gasteiger partial charge < -0.3 is 59.8 Å². The number of aliphatic hydroxyl groups is 7. The van der Waals surface area contributed by atoms with Crippen molar-refractivity contribution in [3.63, 3.8) is 0 Å². The molecule has 0 aliphatic heterocycles. The molecule has 0 radical (unpaired) electrons. The summed E-state index contributed by atoms with van der Waals surface area (Å²) in [6.45, 7) is 1.68. The quantitative estimate of drug-likeness (QED) is 0.128. The average molecular weight is 567 g/mol. The fourth-order valence-electron chi connectivity index (χ4n) is 4.02. The second kappa shape index (κ2) is 13.3. The molecule has 40 heavy (non-hydrogen) atoms. The fourth-order valence-corrected chi connectivity index (χ4v) is 4.02. The Morgan fingerprint density at radius 3 is 2.05 bits per heavy atom. The predicted molar refractivity (Wildman–Crippen MR) is 140 cm³/mol. The lowest BCUT2D eigenvalue weighted by Crippen LogP contribution is -2.45. The number of hydrogen-bond donors (Lipinski definition) is 9. The highest BCUT2D eigenvalue weighted by atomic mass is 16.5. The van der Waals surface area contributed by atoms with Gasteiger partial charge in [0.1, 0.15) is 64.8 Å². The largest absolute Gasteiger partial charge is 0.508 e. The summed E-state index contributed by atoms with van der Waals surface area (Å²) >= 11 is 0. The molecule has 0 fully saturated rings. The van der Waals surface area contributed by atoms with E-state index in [0.717, 1.165) is 12.1 Å². The zero-order chi connectivity index (χ0) is 29.7. The summed E-state index contributed by atoms with van der Waals surface area (Å²) in [7, 11) is 0. The van der Waals surface area contributed by atoms with Crippen molar-refractivity contribution in [1.82, 2.24) is 0 Å². The molecule has 13 heteroatoms. The van der Waals surface area contributed by atoms with Gasteiger partial charge in [-0.2, -0.15) is 0 Å². The van der Waals surface area contributed by atoms with E-state index in [4.69, 9.17) is 24.1 Å². The summed E-state index contributed by atoms with van der Waals surface area (Å²) in [5, 5.41) is 88.1. The Balaban J connectivity index is 1.98. The molecule has 0 spiro atoms. The predicted octanol–water partition coefficient (Wildman–Crippen LogP) is -0.415. The molecular weight excluding hydrogens is 532 g/mol. The van der Waals surface area contributed by atoms with E-state index in [1.165, 1.54) is 38.1 Å². The zero-order valence-electron chi connectivity index (χ0n) is 21.8. The van der Waals surface area contributed by atoms with Crippen LogP contribution in [0.2, 0.25) is 0 Å². The van der Waals surface area contributed by atoms with E-state index in [-0.39, 0.29) is 46.8 Å². The molecular formula is C27H34O13. The number of ether oxygens (including phenoxy) is 2. The molecule has 2 aromatic carbocycles. The van der Waals surface area contributed by atoms with Crippen LogP contribution in [0.5, 0.6) is 23.0 Å². The van der Waals surface area contributed by atoms with Gasteiger partial charge in [-0.05, 0) is 44.5 Å². The highest BCUT2D eigenvalue weighted by Gasteiger charge is 2.31. The van der Waals surface area contributed by atoms with Crippen LogP contribution < -0.4 is 14.9 Å². The molecule has 0 aliphatic rings. The van der Waals surface area contributed by atoms with Crippen LogP contribution in [0.1, 0.15) is 20.3 Å². The highest BCUT2D eigenvalue weighted by Crippen LogP contribution is 2.37. The maximum Gasteiger partial charge on any atom is 0.239 e. The van der Waals surface area contributed by atoms with Gasteiger partial charge in [-0.25, -0.2) is 0 Å². The van der Waals surface area contributed by atoms with Crippen molar-refractivity contribution in [2.75, 3.05) is 13.2 Å². The molecule has 4 unspecified atom stereocenters. The molecule has 0 bridgehead atoms. The Kier molecular flexibility index (Phi) is 10.3. The van der Waals surface area contributed by atoms with Crippen LogP contribution in [-0.4, -0.2) is 102 Å². The summed E-state index contributed by atoms with van der Waals surface area (Å²) in [4.78, 5) is 13.4. The number of phenols is 2. The fraction of sp³-hybridized carbons (Fsp3) is 0.444. The van der Waals surface area contributed by atoms with E-state index in [2.05, 4.69) is 0 Å². The summed E-state index contributed by atoms with van der Waals surface area (Å²) < 4.78 is 17.1. The molecule has 220 valence electrons. The first kappa shape index (κ1) is 31.1. The molecule has 9 N–H and O–H groups in total.